The SMILES string of the molecule is C#Cc1ccc(NC(=O)N2C[C@H](O)C[C@H]2C(=O)Nc2ccc(-c3ccccc3CN(C)C)cc2)cc1. The third-order valence-corrected chi connectivity index (χ3v) is 6.11. The Kier molecular flexibility index (Phi) is 7.69. The summed E-state index contributed by atoms with van der Waals surface area (Å²) in [6.45, 7) is 0.901. The molecule has 3 aromatic carbocycles. The minimum Gasteiger partial charge on any atom is -0.391 e. The van der Waals surface area contributed by atoms with Crippen molar-refractivity contribution >= 4 is 23.3 Å². The van der Waals surface area contributed by atoms with E-state index in [2.05, 4.69) is 33.6 Å². The number of anilines is 2. The summed E-state index contributed by atoms with van der Waals surface area (Å²) in [4.78, 5) is 29.4. The first kappa shape index (κ1) is 25.0. The molecule has 1 aliphatic heterocycles. The molecular weight excluding hydrogens is 452 g/mol. The average Bonchev–Trinajstić information content (AvgIpc) is 3.27. The Hall–Kier alpha value is -4.12. The molecule has 3 aromatic rings. The average molecular weight is 483 g/mol. The number of carbonyl (C=O) groups excluding carboxylic acids is 2. The molecule has 0 spiro atoms. The number of β-amino-alcohol motifs (C(OH)–C–C–N with tert-alkyl or cyclic N) is 1. The van der Waals surface area contributed by atoms with Crippen LogP contribution in [0, 0.1) is 12.3 Å². The number of amides is 3. The van der Waals surface area contributed by atoms with Crippen LogP contribution in [0.2, 0.25) is 0 Å². The van der Waals surface area contributed by atoms with Crippen LogP contribution >= 0.6 is 0 Å². The number of nitrogens with zero attached hydrogens (tertiary/aromatic N) is 2. The lowest BCUT2D eigenvalue weighted by Gasteiger charge is -2.24. The van der Waals surface area contributed by atoms with E-state index in [1.54, 1.807) is 24.3 Å². The Morgan fingerprint density at radius 2 is 1.64 bits per heavy atom. The van der Waals surface area contributed by atoms with Crippen LogP contribution in [0.15, 0.2) is 72.8 Å². The summed E-state index contributed by atoms with van der Waals surface area (Å²) >= 11 is 0. The summed E-state index contributed by atoms with van der Waals surface area (Å²) in [5.41, 5.74) is 5.30. The highest BCUT2D eigenvalue weighted by Crippen LogP contribution is 2.27. The molecule has 1 aliphatic rings. The Morgan fingerprint density at radius 3 is 2.31 bits per heavy atom. The molecular formula is C29H30N4O3. The van der Waals surface area contributed by atoms with Gasteiger partial charge in [-0.3, -0.25) is 4.79 Å². The molecule has 3 amide bonds. The van der Waals surface area contributed by atoms with Crippen LogP contribution in [-0.4, -0.2) is 59.6 Å². The Bertz CT molecular complexity index is 1260. The van der Waals surface area contributed by atoms with Crippen molar-refractivity contribution in [3.05, 3.63) is 83.9 Å². The monoisotopic (exact) mass is 482 g/mol. The van der Waals surface area contributed by atoms with Gasteiger partial charge in [-0.25, -0.2) is 4.79 Å². The highest BCUT2D eigenvalue weighted by molar-refractivity contribution is 5.99. The Morgan fingerprint density at radius 1 is 1.00 bits per heavy atom. The zero-order chi connectivity index (χ0) is 25.7. The van der Waals surface area contributed by atoms with E-state index in [-0.39, 0.29) is 18.9 Å². The fourth-order valence-electron chi connectivity index (χ4n) is 4.37. The van der Waals surface area contributed by atoms with Crippen LogP contribution in [0.4, 0.5) is 16.2 Å². The van der Waals surface area contributed by atoms with Gasteiger partial charge >= 0.3 is 6.03 Å². The van der Waals surface area contributed by atoms with Crippen LogP contribution in [-0.2, 0) is 11.3 Å². The van der Waals surface area contributed by atoms with Gasteiger partial charge in [0.05, 0.1) is 6.10 Å². The number of nitrogens with one attached hydrogen (secondary N) is 2. The quantitative estimate of drug-likeness (QED) is 0.464. The van der Waals surface area contributed by atoms with Crippen LogP contribution in [0.5, 0.6) is 0 Å². The molecule has 7 nitrogen and oxygen atoms in total. The van der Waals surface area contributed by atoms with Gasteiger partial charge in [0, 0.05) is 36.4 Å². The Balaban J connectivity index is 1.43. The van der Waals surface area contributed by atoms with Crippen LogP contribution in [0.1, 0.15) is 17.5 Å². The number of likely N-dealkylation sites (tertiary alicyclic amines) is 1. The van der Waals surface area contributed by atoms with Gasteiger partial charge in [0.1, 0.15) is 6.04 Å². The molecule has 2 atom stereocenters. The highest BCUT2D eigenvalue weighted by Gasteiger charge is 2.39. The Labute approximate surface area is 211 Å². The van der Waals surface area contributed by atoms with E-state index < -0.39 is 18.2 Å². The van der Waals surface area contributed by atoms with Crippen molar-refractivity contribution in [3.63, 3.8) is 0 Å². The van der Waals surface area contributed by atoms with Gasteiger partial charge in [-0.05, 0) is 67.2 Å². The molecule has 1 heterocycles. The number of urea groups is 1. The van der Waals surface area contributed by atoms with Crippen molar-refractivity contribution in [2.45, 2.75) is 25.1 Å². The van der Waals surface area contributed by atoms with Crippen LogP contribution in [0.3, 0.4) is 0 Å². The maximum absolute atomic E-state index is 13.1. The molecule has 0 aromatic heterocycles. The topological polar surface area (TPSA) is 84.9 Å². The summed E-state index contributed by atoms with van der Waals surface area (Å²) in [6, 6.07) is 21.5. The standard InChI is InChI=1S/C29H30N4O3/c1-4-20-9-13-24(14-10-20)31-29(36)33-19-25(34)17-27(33)28(35)30-23-15-11-21(12-16-23)26-8-6-5-7-22(26)18-32(2)3/h1,5-16,25,27,34H,17-19H2,2-3H3,(H,30,35)(H,31,36)/t25-,27+/m1/s1. The molecule has 0 aliphatic carbocycles. The number of terminal acetylenes is 1. The van der Waals surface area contributed by atoms with E-state index in [0.29, 0.717) is 16.9 Å². The maximum Gasteiger partial charge on any atom is 0.322 e. The number of rotatable bonds is 6. The van der Waals surface area contributed by atoms with Gasteiger partial charge in [0.25, 0.3) is 0 Å². The molecule has 0 saturated carbocycles. The van der Waals surface area contributed by atoms with E-state index in [1.807, 2.05) is 50.5 Å². The number of benzene rings is 3. The second-order valence-corrected chi connectivity index (χ2v) is 9.17. The lowest BCUT2D eigenvalue weighted by atomic mass is 9.99. The fraction of sp³-hybridized carbons (Fsp3) is 0.241. The van der Waals surface area contributed by atoms with Gasteiger partial charge in [0.2, 0.25) is 5.91 Å². The van der Waals surface area contributed by atoms with Crippen LogP contribution < -0.4 is 10.6 Å². The first-order valence-corrected chi connectivity index (χ1v) is 11.8. The third-order valence-electron chi connectivity index (χ3n) is 6.11. The fourth-order valence-corrected chi connectivity index (χ4v) is 4.37. The van der Waals surface area contributed by atoms with Gasteiger partial charge < -0.3 is 25.5 Å². The molecule has 0 radical (unpaired) electrons. The summed E-state index contributed by atoms with van der Waals surface area (Å²) in [5.74, 6) is 2.18. The minimum absolute atomic E-state index is 0.0773. The molecule has 184 valence electrons. The van der Waals surface area contributed by atoms with E-state index in [4.69, 9.17) is 6.42 Å². The molecule has 0 unspecified atom stereocenters. The first-order chi connectivity index (χ1) is 17.3. The molecule has 0 bridgehead atoms. The van der Waals surface area contributed by atoms with Gasteiger partial charge in [-0.15, -0.1) is 6.42 Å². The maximum atomic E-state index is 13.1. The highest BCUT2D eigenvalue weighted by atomic mass is 16.3. The van der Waals surface area contributed by atoms with E-state index in [1.165, 1.54) is 10.5 Å². The molecule has 1 fully saturated rings. The van der Waals surface area contributed by atoms with Crippen molar-refractivity contribution in [1.82, 2.24) is 9.80 Å². The summed E-state index contributed by atoms with van der Waals surface area (Å²) in [7, 11) is 4.07. The number of hydrogen-bond acceptors (Lipinski definition) is 4. The van der Waals surface area contributed by atoms with Crippen molar-refractivity contribution in [3.8, 4) is 23.5 Å². The van der Waals surface area contributed by atoms with Crippen molar-refractivity contribution in [2.24, 2.45) is 0 Å². The molecule has 36 heavy (non-hydrogen) atoms. The largest absolute Gasteiger partial charge is 0.391 e. The molecule has 1 saturated heterocycles. The van der Waals surface area contributed by atoms with E-state index in [9.17, 15) is 14.7 Å². The van der Waals surface area contributed by atoms with Crippen molar-refractivity contribution in [2.75, 3.05) is 31.3 Å². The third kappa shape index (κ3) is 5.92. The molecule has 3 N–H and O–H groups in total. The van der Waals surface area contributed by atoms with Gasteiger partial charge in [0.15, 0.2) is 0 Å². The van der Waals surface area contributed by atoms with Gasteiger partial charge in [-0.2, -0.15) is 0 Å². The van der Waals surface area contributed by atoms with Crippen molar-refractivity contribution < 1.29 is 14.7 Å². The predicted octanol–water partition coefficient (Wildman–Crippen LogP) is 4.00. The minimum atomic E-state index is -0.787. The normalized spacial score (nSPS) is 17.0. The smallest absolute Gasteiger partial charge is 0.322 e. The first-order valence-electron chi connectivity index (χ1n) is 11.8. The van der Waals surface area contributed by atoms with E-state index in [0.717, 1.165) is 17.7 Å². The summed E-state index contributed by atoms with van der Waals surface area (Å²) < 4.78 is 0. The number of carbonyl (C=O) groups is 2. The summed E-state index contributed by atoms with van der Waals surface area (Å²) in [5, 5.41) is 15.9. The van der Waals surface area contributed by atoms with Gasteiger partial charge in [-0.1, -0.05) is 42.3 Å². The second kappa shape index (κ2) is 11.1. The zero-order valence-electron chi connectivity index (χ0n) is 20.4. The van der Waals surface area contributed by atoms with Crippen LogP contribution in [0.25, 0.3) is 11.1 Å². The zero-order valence-corrected chi connectivity index (χ0v) is 20.4. The lowest BCUT2D eigenvalue weighted by molar-refractivity contribution is -0.119. The number of hydrogen-bond donors (Lipinski definition) is 3. The second-order valence-electron chi connectivity index (χ2n) is 9.17. The lowest BCUT2D eigenvalue weighted by Crippen LogP contribution is -2.45. The van der Waals surface area contributed by atoms with Crippen molar-refractivity contribution in [1.29, 1.82) is 0 Å². The predicted molar refractivity (Wildman–Crippen MR) is 142 cm³/mol. The number of aliphatic hydroxyl groups excluding tert-OH is 1. The molecule has 4 rings (SSSR count). The molecule has 7 heteroatoms. The van der Waals surface area contributed by atoms with E-state index >= 15 is 0 Å². The summed E-state index contributed by atoms with van der Waals surface area (Å²) in [6.07, 6.45) is 4.77. The number of aliphatic hydroxyl groups is 1.